The number of rotatable bonds is 5. The maximum Gasteiger partial charge on any atom is 0.0316 e. The van der Waals surface area contributed by atoms with Crippen molar-refractivity contribution < 1.29 is 0 Å². The summed E-state index contributed by atoms with van der Waals surface area (Å²) in [6, 6.07) is 8.27. The van der Waals surface area contributed by atoms with Crippen LogP contribution in [0.15, 0.2) is 24.3 Å². The normalized spacial score (nSPS) is 13.1. The van der Waals surface area contributed by atoms with Crippen LogP contribution in [0.25, 0.3) is 0 Å². The summed E-state index contributed by atoms with van der Waals surface area (Å²) in [6.45, 7) is 3.37. The van der Waals surface area contributed by atoms with E-state index < -0.39 is 0 Å². The molecule has 2 heteroatoms. The monoisotopic (exact) mass is 206 g/mol. The highest BCUT2D eigenvalue weighted by molar-refractivity contribution is 5.41. The number of benzene rings is 1. The highest BCUT2D eigenvalue weighted by atomic mass is 15.0. The summed E-state index contributed by atoms with van der Waals surface area (Å²) in [7, 11) is 4.23. The fourth-order valence-electron chi connectivity index (χ4n) is 1.83. The molecule has 1 aromatic rings. The van der Waals surface area contributed by atoms with E-state index in [0.717, 1.165) is 12.2 Å². The van der Waals surface area contributed by atoms with Gasteiger partial charge in [-0.1, -0.05) is 19.1 Å². The van der Waals surface area contributed by atoms with Gasteiger partial charge in [-0.3, -0.25) is 0 Å². The van der Waals surface area contributed by atoms with Crippen LogP contribution < -0.4 is 5.73 Å². The molecule has 0 fully saturated rings. The van der Waals surface area contributed by atoms with Crippen LogP contribution in [0.3, 0.4) is 0 Å². The van der Waals surface area contributed by atoms with Gasteiger partial charge >= 0.3 is 0 Å². The maximum absolute atomic E-state index is 5.80. The smallest absolute Gasteiger partial charge is 0.0316 e. The van der Waals surface area contributed by atoms with Crippen molar-refractivity contribution in [3.05, 3.63) is 29.8 Å². The Kier molecular flexibility index (Phi) is 4.63. The number of nitrogens with two attached hydrogens (primary N) is 1. The predicted molar refractivity (Wildman–Crippen MR) is 67.1 cm³/mol. The molecule has 0 aliphatic rings. The number of hydrogen-bond donors (Lipinski definition) is 1. The average Bonchev–Trinajstić information content (AvgIpc) is 2.18. The van der Waals surface area contributed by atoms with E-state index >= 15 is 0 Å². The molecule has 0 heterocycles. The van der Waals surface area contributed by atoms with Gasteiger partial charge in [-0.2, -0.15) is 0 Å². The zero-order valence-corrected chi connectivity index (χ0v) is 10.0. The van der Waals surface area contributed by atoms with Crippen LogP contribution in [-0.2, 0) is 0 Å². The Morgan fingerprint density at radius 2 is 2.07 bits per heavy atom. The van der Waals surface area contributed by atoms with Crippen molar-refractivity contribution in [1.82, 2.24) is 4.90 Å². The molecule has 2 nitrogen and oxygen atoms in total. The third-order valence-electron chi connectivity index (χ3n) is 2.80. The Labute approximate surface area is 93.1 Å². The molecule has 0 aliphatic carbocycles. The summed E-state index contributed by atoms with van der Waals surface area (Å²) in [5, 5.41) is 0. The minimum Gasteiger partial charge on any atom is -0.399 e. The summed E-state index contributed by atoms with van der Waals surface area (Å²) in [6.07, 6.45) is 2.38. The minimum atomic E-state index is 0.635. The van der Waals surface area contributed by atoms with Crippen LogP contribution in [0.5, 0.6) is 0 Å². The van der Waals surface area contributed by atoms with Crippen molar-refractivity contribution >= 4 is 5.69 Å². The summed E-state index contributed by atoms with van der Waals surface area (Å²) in [5.41, 5.74) is 8.04. The molecular formula is C13H22N2. The third-order valence-corrected chi connectivity index (χ3v) is 2.80. The van der Waals surface area contributed by atoms with Crippen molar-refractivity contribution in [2.24, 2.45) is 0 Å². The topological polar surface area (TPSA) is 29.3 Å². The van der Waals surface area contributed by atoms with Gasteiger partial charge in [0, 0.05) is 5.69 Å². The van der Waals surface area contributed by atoms with Gasteiger partial charge in [0.2, 0.25) is 0 Å². The molecule has 1 unspecified atom stereocenters. The molecule has 0 saturated heterocycles. The van der Waals surface area contributed by atoms with E-state index in [-0.39, 0.29) is 0 Å². The molecule has 1 atom stereocenters. The van der Waals surface area contributed by atoms with E-state index in [1.54, 1.807) is 0 Å². The highest BCUT2D eigenvalue weighted by Crippen LogP contribution is 2.24. The molecule has 0 aromatic heterocycles. The Morgan fingerprint density at radius 1 is 1.33 bits per heavy atom. The lowest BCUT2D eigenvalue weighted by atomic mass is 9.93. The fraction of sp³-hybridized carbons (Fsp3) is 0.538. The van der Waals surface area contributed by atoms with Crippen LogP contribution in [-0.4, -0.2) is 25.5 Å². The van der Waals surface area contributed by atoms with Crippen LogP contribution in [0.4, 0.5) is 5.69 Å². The van der Waals surface area contributed by atoms with Gasteiger partial charge in [0.25, 0.3) is 0 Å². The summed E-state index contributed by atoms with van der Waals surface area (Å²) < 4.78 is 0. The van der Waals surface area contributed by atoms with E-state index in [1.165, 1.54) is 18.4 Å². The summed E-state index contributed by atoms with van der Waals surface area (Å²) in [4.78, 5) is 2.23. The standard InChI is InChI=1S/C13H22N2/c1-4-11(8-9-15(2)3)12-6-5-7-13(14)10-12/h5-7,10-11H,4,8-9,14H2,1-3H3. The van der Waals surface area contributed by atoms with E-state index in [4.69, 9.17) is 5.73 Å². The highest BCUT2D eigenvalue weighted by Gasteiger charge is 2.09. The zero-order valence-electron chi connectivity index (χ0n) is 10.0. The Hall–Kier alpha value is -1.02. The van der Waals surface area contributed by atoms with Crippen molar-refractivity contribution in [3.63, 3.8) is 0 Å². The number of anilines is 1. The molecular weight excluding hydrogens is 184 g/mol. The van der Waals surface area contributed by atoms with Gasteiger partial charge in [0.15, 0.2) is 0 Å². The molecule has 0 amide bonds. The molecule has 0 radical (unpaired) electrons. The van der Waals surface area contributed by atoms with Gasteiger partial charge in [0.05, 0.1) is 0 Å². The Balaban J connectivity index is 2.65. The second-order valence-electron chi connectivity index (χ2n) is 4.37. The SMILES string of the molecule is CCC(CCN(C)C)c1cccc(N)c1. The molecule has 0 saturated carbocycles. The maximum atomic E-state index is 5.80. The summed E-state index contributed by atoms with van der Waals surface area (Å²) in [5.74, 6) is 0.635. The Morgan fingerprint density at radius 3 is 2.60 bits per heavy atom. The van der Waals surface area contributed by atoms with Crippen molar-refractivity contribution in [2.45, 2.75) is 25.7 Å². The quantitative estimate of drug-likeness (QED) is 0.751. The van der Waals surface area contributed by atoms with Crippen LogP contribution >= 0.6 is 0 Å². The zero-order chi connectivity index (χ0) is 11.3. The largest absolute Gasteiger partial charge is 0.399 e. The first-order valence-electron chi connectivity index (χ1n) is 5.63. The Bertz CT molecular complexity index is 294. The van der Waals surface area contributed by atoms with Crippen molar-refractivity contribution in [3.8, 4) is 0 Å². The third kappa shape index (κ3) is 3.92. The van der Waals surface area contributed by atoms with Crippen LogP contribution in [0.2, 0.25) is 0 Å². The minimum absolute atomic E-state index is 0.635. The van der Waals surface area contributed by atoms with E-state index in [9.17, 15) is 0 Å². The van der Waals surface area contributed by atoms with E-state index in [1.807, 2.05) is 12.1 Å². The number of nitrogens with zero attached hydrogens (tertiary/aromatic N) is 1. The predicted octanol–water partition coefficient (Wildman–Crippen LogP) is 2.71. The van der Waals surface area contributed by atoms with Crippen molar-refractivity contribution in [2.75, 3.05) is 26.4 Å². The molecule has 0 bridgehead atoms. The molecule has 0 spiro atoms. The van der Waals surface area contributed by atoms with Gasteiger partial charge < -0.3 is 10.6 Å². The van der Waals surface area contributed by atoms with E-state index in [2.05, 4.69) is 38.1 Å². The average molecular weight is 206 g/mol. The van der Waals surface area contributed by atoms with Crippen LogP contribution in [0, 0.1) is 0 Å². The molecule has 1 aromatic carbocycles. The first-order chi connectivity index (χ1) is 7.13. The van der Waals surface area contributed by atoms with Crippen LogP contribution in [0.1, 0.15) is 31.2 Å². The second-order valence-corrected chi connectivity index (χ2v) is 4.37. The molecule has 1 rings (SSSR count). The van der Waals surface area contributed by atoms with Crippen molar-refractivity contribution in [1.29, 1.82) is 0 Å². The number of nitrogen functional groups attached to an aromatic ring is 1. The lowest BCUT2D eigenvalue weighted by Gasteiger charge is -2.18. The second kappa shape index (κ2) is 5.76. The van der Waals surface area contributed by atoms with Gasteiger partial charge in [0.1, 0.15) is 0 Å². The van der Waals surface area contributed by atoms with Gasteiger partial charge in [-0.15, -0.1) is 0 Å². The molecule has 84 valence electrons. The lowest BCUT2D eigenvalue weighted by Crippen LogP contribution is -2.15. The van der Waals surface area contributed by atoms with E-state index in [0.29, 0.717) is 5.92 Å². The molecule has 2 N–H and O–H groups in total. The fourth-order valence-corrected chi connectivity index (χ4v) is 1.83. The first-order valence-corrected chi connectivity index (χ1v) is 5.63. The lowest BCUT2D eigenvalue weighted by molar-refractivity contribution is 0.378. The van der Waals surface area contributed by atoms with Gasteiger partial charge in [-0.25, -0.2) is 0 Å². The summed E-state index contributed by atoms with van der Waals surface area (Å²) >= 11 is 0. The molecule has 15 heavy (non-hydrogen) atoms. The number of hydrogen-bond acceptors (Lipinski definition) is 2. The molecule has 0 aliphatic heterocycles. The first kappa shape index (κ1) is 12.1. The van der Waals surface area contributed by atoms with Gasteiger partial charge in [-0.05, 0) is 57.1 Å².